The van der Waals surface area contributed by atoms with Gasteiger partial charge in [0.15, 0.2) is 0 Å². The molecule has 0 aliphatic rings. The molecule has 1 aromatic heterocycles. The maximum atomic E-state index is 4.55. The molecule has 0 fully saturated rings. The average molecular weight is 292 g/mol. The lowest BCUT2D eigenvalue weighted by Gasteiger charge is -2.18. The highest BCUT2D eigenvalue weighted by molar-refractivity contribution is 9.09. The van der Waals surface area contributed by atoms with Crippen LogP contribution >= 0.6 is 27.5 Å². The van der Waals surface area contributed by atoms with E-state index in [0.29, 0.717) is 5.92 Å². The van der Waals surface area contributed by atoms with Crippen LogP contribution in [0.5, 0.6) is 0 Å². The molecule has 0 unspecified atom stereocenters. The molecule has 0 aliphatic heterocycles. The number of halogens is 1. The first-order chi connectivity index (χ1) is 7.19. The highest BCUT2D eigenvalue weighted by Crippen LogP contribution is 2.21. The van der Waals surface area contributed by atoms with Gasteiger partial charge in [0.05, 0.1) is 0 Å². The molecular weight excluding hydrogens is 274 g/mol. The summed E-state index contributed by atoms with van der Waals surface area (Å²) in [5.74, 6) is 1.39. The lowest BCUT2D eigenvalue weighted by molar-refractivity contribution is 0.769. The summed E-state index contributed by atoms with van der Waals surface area (Å²) >= 11 is 4.96. The van der Waals surface area contributed by atoms with Gasteiger partial charge < -0.3 is 4.90 Å². The number of rotatable bonds is 6. The molecule has 1 aromatic rings. The van der Waals surface area contributed by atoms with Gasteiger partial charge in [0, 0.05) is 35.9 Å². The minimum atomic E-state index is 0.421. The van der Waals surface area contributed by atoms with Crippen molar-refractivity contribution in [3.63, 3.8) is 0 Å². The van der Waals surface area contributed by atoms with Gasteiger partial charge >= 0.3 is 0 Å². The first-order valence-electron chi connectivity index (χ1n) is 5.33. The van der Waals surface area contributed by atoms with E-state index in [4.69, 9.17) is 0 Å². The van der Waals surface area contributed by atoms with Crippen molar-refractivity contribution in [1.82, 2.24) is 9.36 Å². The number of hydrogen-bond donors (Lipinski definition) is 0. The normalized spacial score (nSPS) is 11.0. The van der Waals surface area contributed by atoms with E-state index in [2.05, 4.69) is 51.0 Å². The van der Waals surface area contributed by atoms with E-state index in [1.54, 1.807) is 0 Å². The second-order valence-electron chi connectivity index (χ2n) is 3.71. The van der Waals surface area contributed by atoms with Crippen LogP contribution in [0.1, 0.15) is 38.9 Å². The Bertz CT molecular complexity index is 288. The molecule has 1 rings (SSSR count). The summed E-state index contributed by atoms with van der Waals surface area (Å²) in [4.78, 5) is 6.83. The predicted molar refractivity (Wildman–Crippen MR) is 70.3 cm³/mol. The second-order valence-corrected chi connectivity index (χ2v) is 5.24. The van der Waals surface area contributed by atoms with Crippen molar-refractivity contribution < 1.29 is 0 Å². The number of nitrogens with zero attached hydrogens (tertiary/aromatic N) is 3. The molecule has 0 aliphatic carbocycles. The van der Waals surface area contributed by atoms with Gasteiger partial charge in [-0.2, -0.15) is 4.37 Å². The molecule has 0 bridgehead atoms. The number of anilines is 1. The van der Waals surface area contributed by atoms with Gasteiger partial charge in [0.25, 0.3) is 0 Å². The summed E-state index contributed by atoms with van der Waals surface area (Å²) in [6.07, 6.45) is 1.14. The topological polar surface area (TPSA) is 29.0 Å². The molecule has 0 amide bonds. The lowest BCUT2D eigenvalue weighted by Crippen LogP contribution is -2.24. The summed E-state index contributed by atoms with van der Waals surface area (Å²) in [5, 5.41) is 2.10. The predicted octanol–water partition coefficient (Wildman–Crippen LogP) is 3.27. The van der Waals surface area contributed by atoms with Crippen LogP contribution in [0, 0.1) is 0 Å². The molecule has 0 saturated carbocycles. The van der Waals surface area contributed by atoms with Crippen LogP contribution in [-0.2, 0) is 0 Å². The third kappa shape index (κ3) is 3.72. The monoisotopic (exact) mass is 291 g/mol. The van der Waals surface area contributed by atoms with E-state index in [-0.39, 0.29) is 0 Å². The third-order valence-electron chi connectivity index (χ3n) is 2.16. The van der Waals surface area contributed by atoms with Crippen LogP contribution in [0.3, 0.4) is 0 Å². The lowest BCUT2D eigenvalue weighted by atomic mass is 10.2. The van der Waals surface area contributed by atoms with Crippen LogP contribution in [0.2, 0.25) is 0 Å². The van der Waals surface area contributed by atoms with E-state index in [1.165, 1.54) is 11.5 Å². The molecule has 0 radical (unpaired) electrons. The first kappa shape index (κ1) is 12.9. The largest absolute Gasteiger partial charge is 0.347 e. The number of hydrogen-bond acceptors (Lipinski definition) is 4. The molecule has 1 heterocycles. The Morgan fingerprint density at radius 2 is 2.20 bits per heavy atom. The SMILES string of the molecule is CCN(CCCBr)c1nc(C(C)C)ns1. The van der Waals surface area contributed by atoms with E-state index in [0.717, 1.165) is 35.8 Å². The maximum absolute atomic E-state index is 4.55. The molecule has 0 aromatic carbocycles. The van der Waals surface area contributed by atoms with Crippen LogP contribution in [-0.4, -0.2) is 27.8 Å². The minimum Gasteiger partial charge on any atom is -0.347 e. The summed E-state index contributed by atoms with van der Waals surface area (Å²) in [6.45, 7) is 8.46. The average Bonchev–Trinajstić information content (AvgIpc) is 2.68. The van der Waals surface area contributed by atoms with E-state index in [1.807, 2.05) is 0 Å². The summed E-state index contributed by atoms with van der Waals surface area (Å²) in [5.41, 5.74) is 0. The van der Waals surface area contributed by atoms with Crippen molar-refractivity contribution in [2.24, 2.45) is 0 Å². The van der Waals surface area contributed by atoms with Gasteiger partial charge in [-0.3, -0.25) is 0 Å². The van der Waals surface area contributed by atoms with Crippen molar-refractivity contribution in [1.29, 1.82) is 0 Å². The molecule has 15 heavy (non-hydrogen) atoms. The standard InChI is InChI=1S/C10H18BrN3S/c1-4-14(7-5-6-11)10-12-9(8(2)3)13-15-10/h8H,4-7H2,1-3H3. The van der Waals surface area contributed by atoms with Gasteiger partial charge in [-0.25, -0.2) is 4.98 Å². The van der Waals surface area contributed by atoms with Crippen molar-refractivity contribution in [2.45, 2.75) is 33.1 Å². The van der Waals surface area contributed by atoms with Crippen molar-refractivity contribution in [2.75, 3.05) is 23.3 Å². The smallest absolute Gasteiger partial charge is 0.205 e. The van der Waals surface area contributed by atoms with Crippen molar-refractivity contribution in [3.8, 4) is 0 Å². The fourth-order valence-electron chi connectivity index (χ4n) is 1.23. The Morgan fingerprint density at radius 3 is 2.67 bits per heavy atom. The Labute approximate surface area is 104 Å². The molecule has 0 spiro atoms. The highest BCUT2D eigenvalue weighted by Gasteiger charge is 2.12. The highest BCUT2D eigenvalue weighted by atomic mass is 79.9. The quantitative estimate of drug-likeness (QED) is 0.753. The Balaban J connectivity index is 2.65. The Hall–Kier alpha value is -0.160. The summed E-state index contributed by atoms with van der Waals surface area (Å²) < 4.78 is 4.37. The zero-order valence-corrected chi connectivity index (χ0v) is 11.9. The Kier molecular flexibility index (Phi) is 5.53. The van der Waals surface area contributed by atoms with Crippen LogP contribution in [0.15, 0.2) is 0 Å². The zero-order valence-electron chi connectivity index (χ0n) is 9.53. The minimum absolute atomic E-state index is 0.421. The van der Waals surface area contributed by atoms with Crippen LogP contribution in [0.25, 0.3) is 0 Å². The molecule has 86 valence electrons. The number of aromatic nitrogens is 2. The molecule has 0 atom stereocenters. The Morgan fingerprint density at radius 1 is 1.47 bits per heavy atom. The molecule has 5 heteroatoms. The van der Waals surface area contributed by atoms with Gasteiger partial charge in [-0.15, -0.1) is 0 Å². The van der Waals surface area contributed by atoms with Crippen LogP contribution in [0.4, 0.5) is 5.13 Å². The molecule has 0 saturated heterocycles. The summed E-state index contributed by atoms with van der Waals surface area (Å²) in [6, 6.07) is 0. The summed E-state index contributed by atoms with van der Waals surface area (Å²) in [7, 11) is 0. The molecule has 3 nitrogen and oxygen atoms in total. The maximum Gasteiger partial charge on any atom is 0.205 e. The second kappa shape index (κ2) is 6.43. The van der Waals surface area contributed by atoms with Gasteiger partial charge in [-0.1, -0.05) is 29.8 Å². The van der Waals surface area contributed by atoms with E-state index in [9.17, 15) is 0 Å². The number of alkyl halides is 1. The van der Waals surface area contributed by atoms with Gasteiger partial charge in [0.2, 0.25) is 5.13 Å². The third-order valence-corrected chi connectivity index (χ3v) is 3.51. The van der Waals surface area contributed by atoms with Crippen LogP contribution < -0.4 is 4.90 Å². The van der Waals surface area contributed by atoms with E-state index >= 15 is 0 Å². The zero-order chi connectivity index (χ0) is 11.3. The fraction of sp³-hybridized carbons (Fsp3) is 0.800. The molecule has 0 N–H and O–H groups in total. The fourth-order valence-corrected chi connectivity index (χ4v) is 2.38. The first-order valence-corrected chi connectivity index (χ1v) is 7.23. The van der Waals surface area contributed by atoms with Crippen molar-refractivity contribution >= 4 is 32.6 Å². The van der Waals surface area contributed by atoms with Gasteiger partial charge in [0.1, 0.15) is 5.82 Å². The van der Waals surface area contributed by atoms with Gasteiger partial charge in [-0.05, 0) is 13.3 Å². The molecular formula is C10H18BrN3S. The van der Waals surface area contributed by atoms with E-state index < -0.39 is 0 Å². The van der Waals surface area contributed by atoms with Crippen molar-refractivity contribution in [3.05, 3.63) is 5.82 Å².